The molecular weight excluding hydrogens is 324 g/mol. The van der Waals surface area contributed by atoms with Crippen LogP contribution in [0.5, 0.6) is 0 Å². The fourth-order valence-corrected chi connectivity index (χ4v) is 5.34. The van der Waals surface area contributed by atoms with Crippen molar-refractivity contribution in [1.82, 2.24) is 9.55 Å². The lowest BCUT2D eigenvalue weighted by Crippen LogP contribution is -2.11. The molecule has 1 unspecified atom stereocenters. The lowest BCUT2D eigenvalue weighted by Gasteiger charge is -2.24. The van der Waals surface area contributed by atoms with Gasteiger partial charge < -0.3 is 4.57 Å². The van der Waals surface area contributed by atoms with E-state index in [4.69, 9.17) is 0 Å². The Morgan fingerprint density at radius 3 is 2.48 bits per heavy atom. The second-order valence-corrected chi connectivity index (χ2v) is 9.45. The van der Waals surface area contributed by atoms with Crippen LogP contribution in [0.25, 0.3) is 0 Å². The summed E-state index contributed by atoms with van der Waals surface area (Å²) in [4.78, 5) is 4.10. The van der Waals surface area contributed by atoms with Crippen molar-refractivity contribution in [1.29, 1.82) is 0 Å². The molecule has 144 valence electrons. The molecule has 0 bridgehead atoms. The van der Waals surface area contributed by atoms with Crippen LogP contribution in [-0.2, 0) is 6.54 Å². The summed E-state index contributed by atoms with van der Waals surface area (Å²) in [6, 6.07) is 0. The SMILES string of the molecule is CCSC(CCCCCCCCn1ccnc1)CCC1CCCCC1. The van der Waals surface area contributed by atoms with Gasteiger partial charge in [-0.25, -0.2) is 4.98 Å². The smallest absolute Gasteiger partial charge is 0.0945 e. The van der Waals surface area contributed by atoms with E-state index in [0.717, 1.165) is 17.7 Å². The standard InChI is InChI=1S/C22H40N2S/c1-2-25-22(16-15-21-12-8-7-9-13-21)14-10-5-3-4-6-11-18-24-19-17-23-20-24/h17,19-22H,2-16,18H2,1H3. The van der Waals surface area contributed by atoms with Crippen molar-refractivity contribution in [2.75, 3.05) is 5.75 Å². The summed E-state index contributed by atoms with van der Waals surface area (Å²) < 4.78 is 2.19. The van der Waals surface area contributed by atoms with E-state index in [0.29, 0.717) is 0 Å². The maximum atomic E-state index is 4.10. The van der Waals surface area contributed by atoms with Crippen molar-refractivity contribution < 1.29 is 0 Å². The van der Waals surface area contributed by atoms with Crippen LogP contribution >= 0.6 is 11.8 Å². The number of aromatic nitrogens is 2. The average Bonchev–Trinajstić information content (AvgIpc) is 3.16. The fourth-order valence-electron chi connectivity index (χ4n) is 4.24. The zero-order chi connectivity index (χ0) is 17.6. The van der Waals surface area contributed by atoms with Crippen LogP contribution in [0.4, 0.5) is 0 Å². The van der Waals surface area contributed by atoms with Gasteiger partial charge in [-0.15, -0.1) is 0 Å². The van der Waals surface area contributed by atoms with Gasteiger partial charge >= 0.3 is 0 Å². The summed E-state index contributed by atoms with van der Waals surface area (Å²) in [6.07, 6.45) is 26.2. The molecule has 0 N–H and O–H groups in total. The topological polar surface area (TPSA) is 17.8 Å². The maximum absolute atomic E-state index is 4.10. The minimum atomic E-state index is 0.938. The molecular formula is C22H40N2S. The second kappa shape index (κ2) is 13.7. The Bertz CT molecular complexity index is 398. The molecule has 0 aliphatic heterocycles. The van der Waals surface area contributed by atoms with Gasteiger partial charge in [-0.05, 0) is 37.4 Å². The van der Waals surface area contributed by atoms with Gasteiger partial charge in [-0.3, -0.25) is 0 Å². The normalized spacial score (nSPS) is 17.0. The number of nitrogens with zero attached hydrogens (tertiary/aromatic N) is 2. The van der Waals surface area contributed by atoms with Gasteiger partial charge in [0, 0.05) is 24.2 Å². The fraction of sp³-hybridized carbons (Fsp3) is 0.864. The predicted molar refractivity (Wildman–Crippen MR) is 112 cm³/mol. The van der Waals surface area contributed by atoms with E-state index in [1.807, 2.05) is 12.5 Å². The van der Waals surface area contributed by atoms with E-state index in [9.17, 15) is 0 Å². The molecule has 1 aromatic rings. The molecule has 1 heterocycles. The number of rotatable bonds is 14. The van der Waals surface area contributed by atoms with Crippen LogP contribution in [0.15, 0.2) is 18.7 Å². The Morgan fingerprint density at radius 1 is 1.00 bits per heavy atom. The lowest BCUT2D eigenvalue weighted by atomic mass is 9.85. The maximum Gasteiger partial charge on any atom is 0.0945 e. The van der Waals surface area contributed by atoms with Crippen molar-refractivity contribution in [2.24, 2.45) is 5.92 Å². The Morgan fingerprint density at radius 2 is 1.76 bits per heavy atom. The quantitative estimate of drug-likeness (QED) is 0.328. The van der Waals surface area contributed by atoms with E-state index in [1.165, 1.54) is 95.6 Å². The van der Waals surface area contributed by atoms with E-state index in [-0.39, 0.29) is 0 Å². The van der Waals surface area contributed by atoms with Gasteiger partial charge in [0.25, 0.3) is 0 Å². The number of thioether (sulfide) groups is 1. The molecule has 1 aliphatic carbocycles. The molecule has 2 rings (SSSR count). The van der Waals surface area contributed by atoms with E-state index >= 15 is 0 Å². The first kappa shape index (κ1) is 20.9. The highest BCUT2D eigenvalue weighted by atomic mass is 32.2. The van der Waals surface area contributed by atoms with E-state index in [2.05, 4.69) is 34.4 Å². The minimum Gasteiger partial charge on any atom is -0.337 e. The van der Waals surface area contributed by atoms with Crippen molar-refractivity contribution in [3.8, 4) is 0 Å². The van der Waals surface area contributed by atoms with E-state index in [1.54, 1.807) is 0 Å². The highest BCUT2D eigenvalue weighted by molar-refractivity contribution is 7.99. The molecule has 1 atom stereocenters. The Kier molecular flexibility index (Phi) is 11.5. The van der Waals surface area contributed by atoms with Crippen molar-refractivity contribution in [3.63, 3.8) is 0 Å². The van der Waals surface area contributed by atoms with Crippen LogP contribution < -0.4 is 0 Å². The third kappa shape index (κ3) is 9.72. The Hall–Kier alpha value is -0.440. The van der Waals surface area contributed by atoms with Gasteiger partial charge in [-0.2, -0.15) is 11.8 Å². The first-order valence-electron chi connectivity index (χ1n) is 11.0. The average molecular weight is 365 g/mol. The molecule has 0 aromatic carbocycles. The molecule has 0 saturated heterocycles. The summed E-state index contributed by atoms with van der Waals surface area (Å²) >= 11 is 2.23. The molecule has 0 radical (unpaired) electrons. The van der Waals surface area contributed by atoms with Crippen LogP contribution in [0.3, 0.4) is 0 Å². The van der Waals surface area contributed by atoms with Gasteiger partial charge in [0.15, 0.2) is 0 Å². The van der Waals surface area contributed by atoms with Crippen molar-refractivity contribution in [2.45, 2.75) is 109 Å². The molecule has 1 fully saturated rings. The summed E-state index contributed by atoms with van der Waals surface area (Å²) in [5.41, 5.74) is 0. The molecule has 3 heteroatoms. The lowest BCUT2D eigenvalue weighted by molar-refractivity contribution is 0.329. The molecule has 0 amide bonds. The third-order valence-corrected chi connectivity index (χ3v) is 7.05. The number of imidazole rings is 1. The third-order valence-electron chi connectivity index (χ3n) is 5.78. The Balaban J connectivity index is 1.44. The molecule has 0 spiro atoms. The largest absolute Gasteiger partial charge is 0.337 e. The van der Waals surface area contributed by atoms with Crippen LogP contribution in [-0.4, -0.2) is 20.6 Å². The summed E-state index contributed by atoms with van der Waals surface area (Å²) in [7, 11) is 0. The van der Waals surface area contributed by atoms with Gasteiger partial charge in [-0.1, -0.05) is 71.1 Å². The van der Waals surface area contributed by atoms with Gasteiger partial charge in [0.1, 0.15) is 0 Å². The van der Waals surface area contributed by atoms with Crippen molar-refractivity contribution >= 4 is 11.8 Å². The molecule has 1 aromatic heterocycles. The molecule has 2 nitrogen and oxygen atoms in total. The molecule has 1 saturated carbocycles. The zero-order valence-corrected chi connectivity index (χ0v) is 17.3. The van der Waals surface area contributed by atoms with E-state index < -0.39 is 0 Å². The zero-order valence-electron chi connectivity index (χ0n) is 16.5. The van der Waals surface area contributed by atoms with Crippen LogP contribution in [0, 0.1) is 5.92 Å². The predicted octanol–water partition coefficient (Wildman–Crippen LogP) is 7.10. The first-order valence-corrected chi connectivity index (χ1v) is 12.0. The monoisotopic (exact) mass is 364 g/mol. The summed E-state index contributed by atoms with van der Waals surface area (Å²) in [6.45, 7) is 3.47. The summed E-state index contributed by atoms with van der Waals surface area (Å²) in [5, 5.41) is 0.938. The second-order valence-electron chi connectivity index (χ2n) is 7.87. The van der Waals surface area contributed by atoms with Crippen molar-refractivity contribution in [3.05, 3.63) is 18.7 Å². The molecule has 1 aliphatic rings. The van der Waals surface area contributed by atoms with Gasteiger partial charge in [0.05, 0.1) is 6.33 Å². The first-order chi connectivity index (χ1) is 12.4. The Labute approximate surface area is 160 Å². The molecule has 25 heavy (non-hydrogen) atoms. The summed E-state index contributed by atoms with van der Waals surface area (Å²) in [5.74, 6) is 2.35. The number of hydrogen-bond donors (Lipinski definition) is 0. The van der Waals surface area contributed by atoms with Crippen LogP contribution in [0.1, 0.15) is 96.8 Å². The number of aryl methyl sites for hydroxylation is 1. The van der Waals surface area contributed by atoms with Crippen LogP contribution in [0.2, 0.25) is 0 Å². The number of hydrogen-bond acceptors (Lipinski definition) is 2. The van der Waals surface area contributed by atoms with Gasteiger partial charge in [0.2, 0.25) is 0 Å². The number of unbranched alkanes of at least 4 members (excludes halogenated alkanes) is 5. The highest BCUT2D eigenvalue weighted by Crippen LogP contribution is 2.31. The highest BCUT2D eigenvalue weighted by Gasteiger charge is 2.16. The minimum absolute atomic E-state index is 0.938.